The van der Waals surface area contributed by atoms with E-state index in [1.54, 1.807) is 0 Å². The van der Waals surface area contributed by atoms with Crippen LogP contribution in [0.15, 0.2) is 0 Å². The van der Waals surface area contributed by atoms with Crippen LogP contribution in [0.4, 0.5) is 0 Å². The van der Waals surface area contributed by atoms with Crippen molar-refractivity contribution >= 4 is 5.97 Å². The minimum absolute atomic E-state index is 0.00835. The van der Waals surface area contributed by atoms with Gasteiger partial charge in [0.15, 0.2) is 0 Å². The maximum atomic E-state index is 12.2. The Balaban J connectivity index is 2.10. The highest BCUT2D eigenvalue weighted by molar-refractivity contribution is 5.71. The molecule has 1 heterocycles. The molecule has 0 radical (unpaired) electrons. The predicted octanol–water partition coefficient (Wildman–Crippen LogP) is 2.53. The number of carbonyl (C=O) groups is 1. The van der Waals surface area contributed by atoms with Gasteiger partial charge in [0, 0.05) is 31.7 Å². The third-order valence-corrected chi connectivity index (χ3v) is 5.39. The largest absolute Gasteiger partial charge is 0.466 e. The van der Waals surface area contributed by atoms with Crippen molar-refractivity contribution in [2.24, 2.45) is 5.92 Å². The van der Waals surface area contributed by atoms with Crippen LogP contribution >= 0.6 is 0 Å². The number of hydrogen-bond donors (Lipinski definition) is 0. The standard InChI is InChI=1S/C17H32N2O2/c1-4-21-16(20)14-17(8-5-6-15(2)7-9-17)19-12-10-18(3)11-13-19/h15H,4-14H2,1-3H3. The van der Waals surface area contributed by atoms with Crippen LogP contribution in [0.25, 0.3) is 0 Å². The van der Waals surface area contributed by atoms with Crippen LogP contribution in [-0.4, -0.2) is 61.1 Å². The maximum absolute atomic E-state index is 12.2. The number of piperazine rings is 1. The van der Waals surface area contributed by atoms with Crippen molar-refractivity contribution in [2.75, 3.05) is 39.8 Å². The minimum atomic E-state index is -0.00835. The lowest BCUT2D eigenvalue weighted by molar-refractivity contribution is -0.147. The van der Waals surface area contributed by atoms with Gasteiger partial charge in [-0.1, -0.05) is 19.8 Å². The van der Waals surface area contributed by atoms with Gasteiger partial charge in [-0.2, -0.15) is 0 Å². The van der Waals surface area contributed by atoms with Crippen LogP contribution in [0.3, 0.4) is 0 Å². The number of carbonyl (C=O) groups excluding carboxylic acids is 1. The molecule has 122 valence electrons. The summed E-state index contributed by atoms with van der Waals surface area (Å²) < 4.78 is 5.27. The first kappa shape index (κ1) is 16.8. The Morgan fingerprint density at radius 3 is 2.57 bits per heavy atom. The molecule has 4 heteroatoms. The zero-order valence-electron chi connectivity index (χ0n) is 14.1. The summed E-state index contributed by atoms with van der Waals surface area (Å²) in [5.41, 5.74) is 0.0538. The van der Waals surface area contributed by atoms with Crippen molar-refractivity contribution in [1.82, 2.24) is 9.80 Å². The van der Waals surface area contributed by atoms with Gasteiger partial charge in [0.2, 0.25) is 0 Å². The van der Waals surface area contributed by atoms with Crippen LogP contribution in [0.1, 0.15) is 52.4 Å². The van der Waals surface area contributed by atoms with E-state index in [-0.39, 0.29) is 11.5 Å². The summed E-state index contributed by atoms with van der Waals surface area (Å²) in [5.74, 6) is 0.785. The van der Waals surface area contributed by atoms with E-state index >= 15 is 0 Å². The number of nitrogens with zero attached hydrogens (tertiary/aromatic N) is 2. The highest BCUT2D eigenvalue weighted by Gasteiger charge is 2.41. The highest BCUT2D eigenvalue weighted by Crippen LogP contribution is 2.38. The zero-order valence-corrected chi connectivity index (χ0v) is 14.1. The first-order chi connectivity index (χ1) is 10.1. The molecular weight excluding hydrogens is 264 g/mol. The summed E-state index contributed by atoms with van der Waals surface area (Å²) >= 11 is 0. The van der Waals surface area contributed by atoms with Gasteiger partial charge in [-0.05, 0) is 39.2 Å². The zero-order chi connectivity index (χ0) is 15.3. The lowest BCUT2D eigenvalue weighted by Gasteiger charge is -2.47. The second-order valence-corrected chi connectivity index (χ2v) is 7.03. The average Bonchev–Trinajstić information content (AvgIpc) is 2.63. The Hall–Kier alpha value is -0.610. The Kier molecular flexibility index (Phi) is 6.06. The van der Waals surface area contributed by atoms with Crippen molar-refractivity contribution in [3.05, 3.63) is 0 Å². The van der Waals surface area contributed by atoms with Crippen molar-refractivity contribution in [2.45, 2.75) is 57.9 Å². The lowest BCUT2D eigenvalue weighted by Crippen LogP contribution is -2.57. The highest BCUT2D eigenvalue weighted by atomic mass is 16.5. The molecule has 0 aromatic carbocycles. The van der Waals surface area contributed by atoms with Crippen molar-refractivity contribution < 1.29 is 9.53 Å². The molecule has 2 rings (SSSR count). The quantitative estimate of drug-likeness (QED) is 0.589. The van der Waals surface area contributed by atoms with E-state index in [4.69, 9.17) is 4.74 Å². The van der Waals surface area contributed by atoms with Crippen LogP contribution in [0.5, 0.6) is 0 Å². The van der Waals surface area contributed by atoms with Crippen LogP contribution < -0.4 is 0 Å². The van der Waals surface area contributed by atoms with Gasteiger partial charge in [-0.15, -0.1) is 0 Å². The summed E-state index contributed by atoms with van der Waals surface area (Å²) in [6.07, 6.45) is 6.67. The monoisotopic (exact) mass is 296 g/mol. The average molecular weight is 296 g/mol. The third-order valence-electron chi connectivity index (χ3n) is 5.39. The third kappa shape index (κ3) is 4.43. The molecular formula is C17H32N2O2. The fraction of sp³-hybridized carbons (Fsp3) is 0.941. The number of likely N-dealkylation sites (N-methyl/N-ethyl adjacent to an activating group) is 1. The minimum Gasteiger partial charge on any atom is -0.466 e. The van der Waals surface area contributed by atoms with Crippen LogP contribution in [0, 0.1) is 5.92 Å². The Bertz CT molecular complexity index is 340. The van der Waals surface area contributed by atoms with Crippen molar-refractivity contribution in [3.8, 4) is 0 Å². The molecule has 1 saturated carbocycles. The smallest absolute Gasteiger partial charge is 0.307 e. The van der Waals surface area contributed by atoms with E-state index in [1.807, 2.05) is 6.92 Å². The SMILES string of the molecule is CCOC(=O)CC1(N2CCN(C)CC2)CCCC(C)CC1. The normalized spacial score (nSPS) is 32.6. The van der Waals surface area contributed by atoms with Crippen molar-refractivity contribution in [3.63, 3.8) is 0 Å². The summed E-state index contributed by atoms with van der Waals surface area (Å²) in [7, 11) is 2.19. The molecule has 2 atom stereocenters. The molecule has 1 saturated heterocycles. The second-order valence-electron chi connectivity index (χ2n) is 7.03. The summed E-state index contributed by atoms with van der Waals surface area (Å²) in [4.78, 5) is 17.1. The molecule has 2 aliphatic rings. The molecule has 0 aromatic heterocycles. The Morgan fingerprint density at radius 2 is 1.90 bits per heavy atom. The van der Waals surface area contributed by atoms with Crippen LogP contribution in [0.2, 0.25) is 0 Å². The number of hydrogen-bond acceptors (Lipinski definition) is 4. The molecule has 1 aliphatic carbocycles. The van der Waals surface area contributed by atoms with E-state index in [1.165, 1.54) is 19.3 Å². The number of esters is 1. The van der Waals surface area contributed by atoms with Gasteiger partial charge in [-0.3, -0.25) is 9.69 Å². The topological polar surface area (TPSA) is 32.8 Å². The van der Waals surface area contributed by atoms with E-state index in [2.05, 4.69) is 23.8 Å². The Morgan fingerprint density at radius 1 is 1.19 bits per heavy atom. The first-order valence-electron chi connectivity index (χ1n) is 8.65. The molecule has 4 nitrogen and oxygen atoms in total. The lowest BCUT2D eigenvalue weighted by atomic mass is 9.83. The number of rotatable bonds is 4. The summed E-state index contributed by atoms with van der Waals surface area (Å²) in [5, 5.41) is 0. The van der Waals surface area contributed by atoms with Gasteiger partial charge in [0.25, 0.3) is 0 Å². The fourth-order valence-corrected chi connectivity index (χ4v) is 3.93. The van der Waals surface area contributed by atoms with Gasteiger partial charge in [0.1, 0.15) is 0 Å². The van der Waals surface area contributed by atoms with E-state index in [0.29, 0.717) is 13.0 Å². The molecule has 1 aliphatic heterocycles. The van der Waals surface area contributed by atoms with Crippen LogP contribution in [-0.2, 0) is 9.53 Å². The molecule has 2 unspecified atom stereocenters. The Labute approximate surface area is 129 Å². The van der Waals surface area contributed by atoms with Gasteiger partial charge in [-0.25, -0.2) is 0 Å². The predicted molar refractivity (Wildman–Crippen MR) is 85.3 cm³/mol. The molecule has 0 N–H and O–H groups in total. The fourth-order valence-electron chi connectivity index (χ4n) is 3.93. The maximum Gasteiger partial charge on any atom is 0.307 e. The summed E-state index contributed by atoms with van der Waals surface area (Å²) in [6, 6.07) is 0. The van der Waals surface area contributed by atoms with Gasteiger partial charge >= 0.3 is 5.97 Å². The molecule has 0 aromatic rings. The second kappa shape index (κ2) is 7.59. The van der Waals surface area contributed by atoms with Gasteiger partial charge in [0.05, 0.1) is 13.0 Å². The van der Waals surface area contributed by atoms with Crippen molar-refractivity contribution in [1.29, 1.82) is 0 Å². The van der Waals surface area contributed by atoms with Gasteiger partial charge < -0.3 is 9.64 Å². The van der Waals surface area contributed by atoms with E-state index < -0.39 is 0 Å². The van der Waals surface area contributed by atoms with E-state index in [9.17, 15) is 4.79 Å². The molecule has 0 amide bonds. The van der Waals surface area contributed by atoms with E-state index in [0.717, 1.165) is 44.9 Å². The molecule has 21 heavy (non-hydrogen) atoms. The first-order valence-corrected chi connectivity index (χ1v) is 8.65. The number of ether oxygens (including phenoxy) is 1. The summed E-state index contributed by atoms with van der Waals surface area (Å²) in [6.45, 7) is 9.14. The molecule has 2 fully saturated rings. The molecule has 0 spiro atoms. The molecule has 0 bridgehead atoms.